The van der Waals surface area contributed by atoms with Gasteiger partial charge in [-0.05, 0) is 38.4 Å². The first-order chi connectivity index (χ1) is 11.5. The van der Waals surface area contributed by atoms with Crippen LogP contribution in [0.1, 0.15) is 41.6 Å². The first kappa shape index (κ1) is 16.6. The molecule has 2 aliphatic rings. The standard InChI is InChI=1S/C17H20FN3O3/c18-15-11(10-21-8-1-2-9-21)4-3-5-12(15)16(23)19-13-6-7-14(22)20-17(13)24/h3-5,13H,1-2,6-10H2,(H,19,23)(H,20,22,24). The summed E-state index contributed by atoms with van der Waals surface area (Å²) >= 11 is 0. The number of hydrogen-bond donors (Lipinski definition) is 2. The number of piperidine rings is 1. The minimum Gasteiger partial charge on any atom is -0.340 e. The van der Waals surface area contributed by atoms with Gasteiger partial charge in [-0.25, -0.2) is 4.39 Å². The van der Waals surface area contributed by atoms with Crippen molar-refractivity contribution in [2.24, 2.45) is 0 Å². The van der Waals surface area contributed by atoms with Crippen LogP contribution in [0.3, 0.4) is 0 Å². The average molecular weight is 333 g/mol. The van der Waals surface area contributed by atoms with E-state index in [4.69, 9.17) is 0 Å². The minimum atomic E-state index is -0.808. The van der Waals surface area contributed by atoms with Crippen molar-refractivity contribution in [1.82, 2.24) is 15.5 Å². The van der Waals surface area contributed by atoms with Gasteiger partial charge in [0.15, 0.2) is 0 Å². The molecule has 0 spiro atoms. The number of halogens is 1. The Hall–Kier alpha value is -2.28. The van der Waals surface area contributed by atoms with Crippen molar-refractivity contribution in [3.63, 3.8) is 0 Å². The first-order valence-electron chi connectivity index (χ1n) is 8.19. The lowest BCUT2D eigenvalue weighted by atomic mass is 10.0. The zero-order valence-corrected chi connectivity index (χ0v) is 13.3. The summed E-state index contributed by atoms with van der Waals surface area (Å²) in [7, 11) is 0. The van der Waals surface area contributed by atoms with E-state index in [1.807, 2.05) is 0 Å². The molecule has 0 radical (unpaired) electrons. The van der Waals surface area contributed by atoms with Gasteiger partial charge in [-0.3, -0.25) is 24.6 Å². The first-order valence-corrected chi connectivity index (χ1v) is 8.19. The van der Waals surface area contributed by atoms with Crippen LogP contribution in [-0.2, 0) is 16.1 Å². The third kappa shape index (κ3) is 3.62. The van der Waals surface area contributed by atoms with Crippen LogP contribution in [0.5, 0.6) is 0 Å². The van der Waals surface area contributed by atoms with Gasteiger partial charge in [0.2, 0.25) is 11.8 Å². The predicted molar refractivity (Wildman–Crippen MR) is 84.5 cm³/mol. The van der Waals surface area contributed by atoms with Gasteiger partial charge in [0.05, 0.1) is 5.56 Å². The van der Waals surface area contributed by atoms with Gasteiger partial charge in [-0.15, -0.1) is 0 Å². The third-order valence-electron chi connectivity index (χ3n) is 4.46. The number of likely N-dealkylation sites (tertiary alicyclic amines) is 1. The highest BCUT2D eigenvalue weighted by Crippen LogP contribution is 2.18. The lowest BCUT2D eigenvalue weighted by Gasteiger charge is -2.22. The highest BCUT2D eigenvalue weighted by Gasteiger charge is 2.29. The van der Waals surface area contributed by atoms with Gasteiger partial charge in [-0.1, -0.05) is 12.1 Å². The molecule has 2 aliphatic heterocycles. The smallest absolute Gasteiger partial charge is 0.254 e. The number of carbonyl (C=O) groups is 3. The lowest BCUT2D eigenvalue weighted by Crippen LogP contribution is -2.52. The molecule has 2 N–H and O–H groups in total. The molecule has 3 rings (SSSR count). The molecular formula is C17H20FN3O3. The van der Waals surface area contributed by atoms with Gasteiger partial charge in [0.25, 0.3) is 5.91 Å². The van der Waals surface area contributed by atoms with Crippen LogP contribution in [0.2, 0.25) is 0 Å². The molecule has 24 heavy (non-hydrogen) atoms. The van der Waals surface area contributed by atoms with E-state index >= 15 is 0 Å². The maximum Gasteiger partial charge on any atom is 0.254 e. The van der Waals surface area contributed by atoms with Crippen LogP contribution in [-0.4, -0.2) is 41.8 Å². The molecule has 6 nitrogen and oxygen atoms in total. The molecule has 1 aromatic carbocycles. The molecule has 2 fully saturated rings. The highest BCUT2D eigenvalue weighted by atomic mass is 19.1. The fourth-order valence-corrected chi connectivity index (χ4v) is 3.13. The number of carbonyl (C=O) groups excluding carboxylic acids is 3. The van der Waals surface area contributed by atoms with Crippen LogP contribution in [0.15, 0.2) is 18.2 Å². The molecule has 1 atom stereocenters. The van der Waals surface area contributed by atoms with Crippen molar-refractivity contribution in [2.75, 3.05) is 13.1 Å². The number of benzene rings is 1. The zero-order valence-electron chi connectivity index (χ0n) is 13.3. The topological polar surface area (TPSA) is 78.5 Å². The summed E-state index contributed by atoms with van der Waals surface area (Å²) < 4.78 is 14.6. The van der Waals surface area contributed by atoms with Crippen molar-refractivity contribution in [2.45, 2.75) is 38.3 Å². The van der Waals surface area contributed by atoms with E-state index in [2.05, 4.69) is 15.5 Å². The van der Waals surface area contributed by atoms with Crippen LogP contribution >= 0.6 is 0 Å². The predicted octanol–water partition coefficient (Wildman–Crippen LogP) is 0.957. The second kappa shape index (κ2) is 7.09. The molecule has 128 valence electrons. The molecule has 2 heterocycles. The Morgan fingerprint density at radius 2 is 2.04 bits per heavy atom. The molecule has 1 aromatic rings. The normalized spacial score (nSPS) is 21.6. The molecule has 2 saturated heterocycles. The molecule has 0 aliphatic carbocycles. The highest BCUT2D eigenvalue weighted by molar-refractivity contribution is 6.03. The van der Waals surface area contributed by atoms with Crippen molar-refractivity contribution in [1.29, 1.82) is 0 Å². The summed E-state index contributed by atoms with van der Waals surface area (Å²) in [5.41, 5.74) is 0.407. The Morgan fingerprint density at radius 3 is 2.75 bits per heavy atom. The molecule has 0 aromatic heterocycles. The maximum absolute atomic E-state index is 14.6. The summed E-state index contributed by atoms with van der Waals surface area (Å²) in [5, 5.41) is 4.68. The Morgan fingerprint density at radius 1 is 1.29 bits per heavy atom. The van der Waals surface area contributed by atoms with Crippen LogP contribution < -0.4 is 10.6 Å². The summed E-state index contributed by atoms with van der Waals surface area (Å²) in [6, 6.07) is 3.92. The SMILES string of the molecule is O=C1CCC(NC(=O)c2cccc(CN3CCCC3)c2F)C(=O)N1. The summed E-state index contributed by atoms with van der Waals surface area (Å²) in [6.45, 7) is 2.35. The number of rotatable bonds is 4. The number of amides is 3. The molecular weight excluding hydrogens is 313 g/mol. The number of hydrogen-bond acceptors (Lipinski definition) is 4. The van der Waals surface area contributed by atoms with Crippen molar-refractivity contribution < 1.29 is 18.8 Å². The Kier molecular flexibility index (Phi) is 4.89. The Labute approximate surface area is 139 Å². The minimum absolute atomic E-state index is 0.0728. The van der Waals surface area contributed by atoms with E-state index in [1.165, 1.54) is 6.07 Å². The average Bonchev–Trinajstić information content (AvgIpc) is 3.05. The molecule has 3 amide bonds. The van der Waals surface area contributed by atoms with Gasteiger partial charge >= 0.3 is 0 Å². The quantitative estimate of drug-likeness (QED) is 0.805. The van der Waals surface area contributed by atoms with Crippen molar-refractivity contribution in [3.05, 3.63) is 35.1 Å². The molecule has 0 bridgehead atoms. The second-order valence-electron chi connectivity index (χ2n) is 6.24. The van der Waals surface area contributed by atoms with E-state index in [9.17, 15) is 18.8 Å². The monoisotopic (exact) mass is 333 g/mol. The number of imide groups is 1. The summed E-state index contributed by atoms with van der Waals surface area (Å²) in [4.78, 5) is 37.3. The van der Waals surface area contributed by atoms with Gasteiger partial charge in [0.1, 0.15) is 11.9 Å². The van der Waals surface area contributed by atoms with E-state index in [0.717, 1.165) is 25.9 Å². The number of nitrogens with zero attached hydrogens (tertiary/aromatic N) is 1. The van der Waals surface area contributed by atoms with Crippen molar-refractivity contribution in [3.8, 4) is 0 Å². The molecule has 0 saturated carbocycles. The van der Waals surface area contributed by atoms with E-state index < -0.39 is 23.7 Å². The fraction of sp³-hybridized carbons (Fsp3) is 0.471. The van der Waals surface area contributed by atoms with Gasteiger partial charge < -0.3 is 5.32 Å². The summed E-state index contributed by atoms with van der Waals surface area (Å²) in [6.07, 6.45) is 2.61. The van der Waals surface area contributed by atoms with E-state index in [1.54, 1.807) is 12.1 Å². The van der Waals surface area contributed by atoms with E-state index in [-0.39, 0.29) is 24.3 Å². The van der Waals surface area contributed by atoms with Crippen LogP contribution in [0.25, 0.3) is 0 Å². The van der Waals surface area contributed by atoms with Crippen LogP contribution in [0.4, 0.5) is 4.39 Å². The van der Waals surface area contributed by atoms with Crippen molar-refractivity contribution >= 4 is 17.7 Å². The maximum atomic E-state index is 14.6. The molecule has 7 heteroatoms. The Balaban J connectivity index is 1.70. The van der Waals surface area contributed by atoms with Gasteiger partial charge in [-0.2, -0.15) is 0 Å². The van der Waals surface area contributed by atoms with Gasteiger partial charge in [0, 0.05) is 18.5 Å². The Bertz CT molecular complexity index is 671. The number of nitrogens with one attached hydrogen (secondary N) is 2. The summed E-state index contributed by atoms with van der Waals surface area (Å²) in [5.74, 6) is -2.09. The fourth-order valence-electron chi connectivity index (χ4n) is 3.13. The lowest BCUT2D eigenvalue weighted by molar-refractivity contribution is -0.134. The second-order valence-corrected chi connectivity index (χ2v) is 6.24. The van der Waals surface area contributed by atoms with E-state index in [0.29, 0.717) is 12.1 Å². The van der Waals surface area contributed by atoms with Crippen LogP contribution in [0, 0.1) is 5.82 Å². The zero-order chi connectivity index (χ0) is 17.1. The largest absolute Gasteiger partial charge is 0.340 e. The molecule has 1 unspecified atom stereocenters. The third-order valence-corrected chi connectivity index (χ3v) is 4.46.